The van der Waals surface area contributed by atoms with Gasteiger partial charge in [0, 0.05) is 19.3 Å². The summed E-state index contributed by atoms with van der Waals surface area (Å²) in [6, 6.07) is 0. The Morgan fingerprint density at radius 1 is 0.253 bits per heavy atom. The number of rotatable bonds is 64. The monoisotopic (exact) mass is 1060 g/mol. The Labute approximate surface area is 469 Å². The van der Waals surface area contributed by atoms with E-state index in [1.807, 2.05) is 0 Å². The summed E-state index contributed by atoms with van der Waals surface area (Å²) >= 11 is 0. The molecule has 0 saturated heterocycles. The molecule has 0 aliphatic rings. The minimum absolute atomic E-state index is 0.0665. The molecule has 0 aromatic carbocycles. The van der Waals surface area contributed by atoms with Gasteiger partial charge in [0.25, 0.3) is 0 Å². The first-order valence-electron chi connectivity index (χ1n) is 34.2. The number of unbranched alkanes of at least 4 members (excludes halogenated alkanes) is 51. The molecule has 0 bridgehead atoms. The van der Waals surface area contributed by atoms with E-state index in [1.165, 1.54) is 289 Å². The van der Waals surface area contributed by atoms with Gasteiger partial charge in [-0.05, 0) is 38.5 Å². The van der Waals surface area contributed by atoms with E-state index in [9.17, 15) is 14.4 Å². The lowest BCUT2D eigenvalue weighted by molar-refractivity contribution is -0.167. The minimum atomic E-state index is -0.768. The Bertz CT molecular complexity index is 1170. The second kappa shape index (κ2) is 64.7. The summed E-state index contributed by atoms with van der Waals surface area (Å²) in [5.74, 6) is -0.850. The molecule has 1 unspecified atom stereocenters. The zero-order chi connectivity index (χ0) is 54.3. The number of ether oxygens (including phenoxy) is 3. The smallest absolute Gasteiger partial charge is 0.306 e. The molecule has 0 N–H and O–H groups in total. The topological polar surface area (TPSA) is 78.9 Å². The minimum Gasteiger partial charge on any atom is -0.462 e. The van der Waals surface area contributed by atoms with Crippen LogP contribution < -0.4 is 0 Å². The molecule has 1 atom stereocenters. The van der Waals surface area contributed by atoms with Gasteiger partial charge < -0.3 is 14.2 Å². The highest BCUT2D eigenvalue weighted by molar-refractivity contribution is 5.71. The van der Waals surface area contributed by atoms with Crippen molar-refractivity contribution >= 4 is 17.9 Å². The molecule has 0 heterocycles. The number of carbonyl (C=O) groups excluding carboxylic acids is 3. The maximum atomic E-state index is 12.8. The van der Waals surface area contributed by atoms with Crippen LogP contribution in [0.2, 0.25) is 0 Å². The third-order valence-corrected chi connectivity index (χ3v) is 15.8. The molecule has 0 saturated carbocycles. The molecule has 0 radical (unpaired) electrons. The average molecular weight is 1060 g/mol. The van der Waals surface area contributed by atoms with Gasteiger partial charge in [-0.1, -0.05) is 348 Å². The van der Waals surface area contributed by atoms with Crippen LogP contribution in [0, 0.1) is 0 Å². The summed E-state index contributed by atoms with van der Waals surface area (Å²) in [7, 11) is 0. The average Bonchev–Trinajstić information content (AvgIpc) is 3.41. The standard InChI is InChI=1S/C69H132O6/c1-4-7-10-13-16-19-22-24-25-26-27-28-29-30-31-32-33-34-35-36-37-38-39-40-41-42-43-45-47-50-53-56-59-62-68(71)74-65-66(64-73-67(70)61-58-55-52-49-46-21-18-15-12-9-6-3)75-69(72)63-60-57-54-51-48-44-23-20-17-14-11-8-5-2/h15,18,66H,4-14,16-17,19-65H2,1-3H3/b18-15-. The Balaban J connectivity index is 3.98. The van der Waals surface area contributed by atoms with Gasteiger partial charge >= 0.3 is 17.9 Å². The second-order valence-corrected chi connectivity index (χ2v) is 23.5. The van der Waals surface area contributed by atoms with E-state index < -0.39 is 6.10 Å². The zero-order valence-corrected chi connectivity index (χ0v) is 51.1. The molecule has 0 aromatic heterocycles. The summed E-state index contributed by atoms with van der Waals surface area (Å²) in [5.41, 5.74) is 0. The SMILES string of the molecule is CCCC/C=C\CCCCCCCC(=O)OCC(COC(=O)CCCCCCCCCCCCCCCCCCCCCCCCCCCCCCCCCCC)OC(=O)CCCCCCCCCCCCCCC. The predicted octanol–water partition coefficient (Wildman–Crippen LogP) is 23.2. The molecule has 0 amide bonds. The summed E-state index contributed by atoms with van der Waals surface area (Å²) in [6.45, 7) is 6.66. The maximum absolute atomic E-state index is 12.8. The van der Waals surface area contributed by atoms with Crippen LogP contribution in [0.4, 0.5) is 0 Å². The number of hydrogen-bond acceptors (Lipinski definition) is 6. The predicted molar refractivity (Wildman–Crippen MR) is 326 cm³/mol. The van der Waals surface area contributed by atoms with Crippen LogP contribution in [0.5, 0.6) is 0 Å². The number of carbonyl (C=O) groups is 3. The lowest BCUT2D eigenvalue weighted by atomic mass is 10.0. The molecular weight excluding hydrogens is 925 g/mol. The van der Waals surface area contributed by atoms with Gasteiger partial charge in [0.1, 0.15) is 13.2 Å². The molecule has 444 valence electrons. The van der Waals surface area contributed by atoms with Gasteiger partial charge in [-0.3, -0.25) is 14.4 Å². The first-order chi connectivity index (χ1) is 37.0. The number of allylic oxidation sites excluding steroid dienone is 2. The van der Waals surface area contributed by atoms with Gasteiger partial charge in [-0.15, -0.1) is 0 Å². The molecule has 0 fully saturated rings. The van der Waals surface area contributed by atoms with Crippen molar-refractivity contribution in [1.82, 2.24) is 0 Å². The number of hydrogen-bond donors (Lipinski definition) is 0. The molecule has 0 aliphatic heterocycles. The van der Waals surface area contributed by atoms with Crippen LogP contribution in [0.25, 0.3) is 0 Å². The van der Waals surface area contributed by atoms with Crippen LogP contribution in [0.3, 0.4) is 0 Å². The first-order valence-corrected chi connectivity index (χ1v) is 34.2. The van der Waals surface area contributed by atoms with Crippen LogP contribution in [-0.4, -0.2) is 37.2 Å². The van der Waals surface area contributed by atoms with Gasteiger partial charge in [0.2, 0.25) is 0 Å². The highest BCUT2D eigenvalue weighted by atomic mass is 16.6. The highest BCUT2D eigenvalue weighted by Crippen LogP contribution is 2.19. The van der Waals surface area contributed by atoms with Crippen molar-refractivity contribution in [2.75, 3.05) is 13.2 Å². The highest BCUT2D eigenvalue weighted by Gasteiger charge is 2.19. The van der Waals surface area contributed by atoms with Crippen LogP contribution in [0.1, 0.15) is 393 Å². The van der Waals surface area contributed by atoms with E-state index in [4.69, 9.17) is 14.2 Å². The summed E-state index contributed by atoms with van der Waals surface area (Å²) < 4.78 is 16.9. The van der Waals surface area contributed by atoms with Crippen LogP contribution in [0.15, 0.2) is 12.2 Å². The molecule has 0 spiro atoms. The van der Waals surface area contributed by atoms with Crippen LogP contribution >= 0.6 is 0 Å². The largest absolute Gasteiger partial charge is 0.462 e. The molecule has 6 heteroatoms. The molecule has 0 aromatic rings. The van der Waals surface area contributed by atoms with Crippen molar-refractivity contribution in [2.24, 2.45) is 0 Å². The lowest BCUT2D eigenvalue weighted by Crippen LogP contribution is -2.30. The normalized spacial score (nSPS) is 12.0. The molecule has 6 nitrogen and oxygen atoms in total. The Morgan fingerprint density at radius 3 is 0.707 bits per heavy atom. The fourth-order valence-corrected chi connectivity index (χ4v) is 10.6. The lowest BCUT2D eigenvalue weighted by Gasteiger charge is -2.18. The van der Waals surface area contributed by atoms with Crippen molar-refractivity contribution in [3.63, 3.8) is 0 Å². The molecule has 0 aliphatic carbocycles. The Morgan fingerprint density at radius 2 is 0.453 bits per heavy atom. The Kier molecular flexibility index (Phi) is 63.1. The van der Waals surface area contributed by atoms with E-state index in [2.05, 4.69) is 32.9 Å². The summed E-state index contributed by atoms with van der Waals surface area (Å²) in [4.78, 5) is 38.2. The van der Waals surface area contributed by atoms with E-state index in [0.717, 1.165) is 64.2 Å². The van der Waals surface area contributed by atoms with Gasteiger partial charge in [-0.25, -0.2) is 0 Å². The van der Waals surface area contributed by atoms with Crippen molar-refractivity contribution in [2.45, 2.75) is 399 Å². The van der Waals surface area contributed by atoms with E-state index in [-0.39, 0.29) is 31.1 Å². The summed E-state index contributed by atoms with van der Waals surface area (Å²) in [6.07, 6.45) is 77.0. The second-order valence-electron chi connectivity index (χ2n) is 23.5. The fourth-order valence-electron chi connectivity index (χ4n) is 10.6. The third-order valence-electron chi connectivity index (χ3n) is 15.8. The molecule has 0 rings (SSSR count). The van der Waals surface area contributed by atoms with Crippen LogP contribution in [-0.2, 0) is 28.6 Å². The molecular formula is C69H132O6. The van der Waals surface area contributed by atoms with Gasteiger partial charge in [0.15, 0.2) is 6.10 Å². The molecule has 75 heavy (non-hydrogen) atoms. The van der Waals surface area contributed by atoms with Crippen molar-refractivity contribution < 1.29 is 28.6 Å². The third kappa shape index (κ3) is 62.9. The van der Waals surface area contributed by atoms with E-state index >= 15 is 0 Å². The first kappa shape index (κ1) is 73.2. The zero-order valence-electron chi connectivity index (χ0n) is 51.1. The maximum Gasteiger partial charge on any atom is 0.306 e. The van der Waals surface area contributed by atoms with Crippen molar-refractivity contribution in [1.29, 1.82) is 0 Å². The Hall–Kier alpha value is -1.85. The van der Waals surface area contributed by atoms with Crippen molar-refractivity contribution in [3.05, 3.63) is 12.2 Å². The van der Waals surface area contributed by atoms with Gasteiger partial charge in [-0.2, -0.15) is 0 Å². The number of esters is 3. The van der Waals surface area contributed by atoms with E-state index in [1.54, 1.807) is 0 Å². The van der Waals surface area contributed by atoms with Gasteiger partial charge in [0.05, 0.1) is 0 Å². The van der Waals surface area contributed by atoms with E-state index in [0.29, 0.717) is 19.3 Å². The quantitative estimate of drug-likeness (QED) is 0.0261. The fraction of sp³-hybridized carbons (Fsp3) is 0.928. The van der Waals surface area contributed by atoms with Crippen molar-refractivity contribution in [3.8, 4) is 0 Å². The summed E-state index contributed by atoms with van der Waals surface area (Å²) in [5, 5.41) is 0.